The van der Waals surface area contributed by atoms with Crippen molar-refractivity contribution in [2.75, 3.05) is 39.0 Å². The molecule has 2 fully saturated rings. The number of rotatable bonds is 7. The van der Waals surface area contributed by atoms with Crippen molar-refractivity contribution in [3.05, 3.63) is 46.5 Å². The zero-order valence-corrected chi connectivity index (χ0v) is 31.5. The normalized spacial score (nSPS) is 33.8. The molecule has 3 aliphatic rings. The number of epoxide rings is 1. The molecule has 0 saturated carbocycles. The topological polar surface area (TPSA) is 160 Å². The van der Waals surface area contributed by atoms with Crippen LogP contribution < -0.4 is 15.0 Å². The lowest BCUT2D eigenvalue weighted by atomic mass is 9.83. The van der Waals surface area contributed by atoms with E-state index in [9.17, 15) is 24.6 Å². The minimum Gasteiger partial charge on any atom is -0.495 e. The Kier molecular flexibility index (Phi) is 12.8. The van der Waals surface area contributed by atoms with Crippen LogP contribution in [0.3, 0.4) is 0 Å². The maximum Gasteiger partial charge on any atom is 0.409 e. The highest BCUT2D eigenvalue weighted by molar-refractivity contribution is 7.80. The van der Waals surface area contributed by atoms with E-state index in [2.05, 4.69) is 17.9 Å². The number of allylic oxidation sites excluding steroid dienone is 3. The molecule has 13 nitrogen and oxygen atoms in total. The summed E-state index contributed by atoms with van der Waals surface area (Å²) in [6, 6.07) is 2.72. The summed E-state index contributed by atoms with van der Waals surface area (Å²) in [4.78, 5) is 41.8. The molecule has 4 rings (SSSR count). The smallest absolute Gasteiger partial charge is 0.409 e. The van der Waals surface area contributed by atoms with Gasteiger partial charge in [-0.05, 0) is 50.6 Å². The summed E-state index contributed by atoms with van der Waals surface area (Å²) in [6.45, 7) is 7.07. The first kappa shape index (κ1) is 39.8. The van der Waals surface area contributed by atoms with E-state index in [1.165, 1.54) is 26.2 Å². The number of halogens is 1. The van der Waals surface area contributed by atoms with Gasteiger partial charge in [-0.1, -0.05) is 42.3 Å². The summed E-state index contributed by atoms with van der Waals surface area (Å²) in [6.07, 6.45) is 0.342. The molecule has 4 bridgehead atoms. The second-order valence-corrected chi connectivity index (χ2v) is 14.4. The van der Waals surface area contributed by atoms with Gasteiger partial charge in [-0.25, -0.2) is 9.59 Å². The molecule has 3 aliphatic heterocycles. The number of likely N-dealkylation sites (N-methyl/N-ethyl adjacent to an activating group) is 1. The molecule has 1 aromatic rings. The molecule has 3 N–H and O–H groups in total. The highest BCUT2D eigenvalue weighted by atomic mass is 35.5. The van der Waals surface area contributed by atoms with Gasteiger partial charge in [0.1, 0.15) is 47.0 Å². The van der Waals surface area contributed by atoms with E-state index in [0.717, 1.165) is 11.1 Å². The minimum atomic E-state index is -1.81. The fourth-order valence-corrected chi connectivity index (χ4v) is 7.13. The van der Waals surface area contributed by atoms with Gasteiger partial charge in [-0.15, -0.1) is 0 Å². The van der Waals surface area contributed by atoms with Crippen molar-refractivity contribution < 1.29 is 48.3 Å². The van der Waals surface area contributed by atoms with Crippen molar-refractivity contribution in [2.24, 2.45) is 5.92 Å². The molecule has 3 heterocycles. The Balaban J connectivity index is 1.77. The second kappa shape index (κ2) is 16.1. The number of aliphatic hydroxyl groups is 2. The van der Waals surface area contributed by atoms with Crippen LogP contribution in [0.25, 0.3) is 0 Å². The number of aliphatic hydroxyl groups excluding tert-OH is 1. The van der Waals surface area contributed by atoms with Crippen molar-refractivity contribution in [2.45, 2.75) is 101 Å². The third-order valence-corrected chi connectivity index (χ3v) is 10.6. The highest BCUT2D eigenvalue weighted by Gasteiger charge is 2.64. The van der Waals surface area contributed by atoms with E-state index in [4.69, 9.17) is 35.3 Å². The zero-order chi connectivity index (χ0) is 37.1. The van der Waals surface area contributed by atoms with Crippen LogP contribution in [0.1, 0.15) is 52.5 Å². The summed E-state index contributed by atoms with van der Waals surface area (Å²) in [7, 11) is 6.13. The number of ether oxygens (including phenoxy) is 5. The number of alkyl carbamates (subject to hydrolysis) is 1. The third-order valence-electron chi connectivity index (χ3n) is 10.0. The number of nitrogens with one attached hydrogen (secondary N) is 1. The Morgan fingerprint density at radius 1 is 1.30 bits per heavy atom. The van der Waals surface area contributed by atoms with Crippen molar-refractivity contribution >= 4 is 47.9 Å². The van der Waals surface area contributed by atoms with Crippen molar-refractivity contribution in [1.82, 2.24) is 10.2 Å². The first-order chi connectivity index (χ1) is 23.5. The number of hydrogen-bond acceptors (Lipinski definition) is 12. The highest BCUT2D eigenvalue weighted by Crippen LogP contribution is 2.49. The number of methoxy groups -OCH3 is 2. The molecule has 278 valence electrons. The lowest BCUT2D eigenvalue weighted by Gasteiger charge is -2.42. The number of fused-ring (bicyclic) bond motifs is 5. The predicted molar refractivity (Wildman–Crippen MR) is 190 cm³/mol. The Labute approximate surface area is 304 Å². The van der Waals surface area contributed by atoms with Crippen LogP contribution in [-0.4, -0.2) is 115 Å². The number of esters is 1. The van der Waals surface area contributed by atoms with Crippen molar-refractivity contribution in [3.8, 4) is 5.75 Å². The summed E-state index contributed by atoms with van der Waals surface area (Å²) in [5.41, 5.74) is -0.665. The summed E-state index contributed by atoms with van der Waals surface area (Å²) >= 11 is 10.9. The Morgan fingerprint density at radius 3 is 2.64 bits per heavy atom. The third kappa shape index (κ3) is 8.54. The Morgan fingerprint density at radius 2 is 2.00 bits per heavy atom. The van der Waals surface area contributed by atoms with Gasteiger partial charge in [0.05, 0.1) is 18.9 Å². The minimum absolute atomic E-state index is 0.0313. The number of carbonyl (C=O) groups excluding carboxylic acids is 3. The fourth-order valence-electron chi connectivity index (χ4n) is 6.62. The fraction of sp³-hybridized carbons (Fsp3) is 0.629. The van der Waals surface area contributed by atoms with Crippen LogP contribution >= 0.6 is 24.2 Å². The summed E-state index contributed by atoms with van der Waals surface area (Å²) < 4.78 is 29.2. The molecular weight excluding hydrogens is 690 g/mol. The molecule has 15 heteroatoms. The summed E-state index contributed by atoms with van der Waals surface area (Å²) in [5, 5.41) is 26.2. The van der Waals surface area contributed by atoms with E-state index in [0.29, 0.717) is 23.6 Å². The maximum atomic E-state index is 13.6. The quantitative estimate of drug-likeness (QED) is 0.184. The Hall–Kier alpha value is -3.01. The molecule has 0 aliphatic carbocycles. The molecule has 50 heavy (non-hydrogen) atoms. The molecule has 1 aromatic carbocycles. The predicted octanol–water partition coefficient (Wildman–Crippen LogP) is 3.63. The van der Waals surface area contributed by atoms with Gasteiger partial charge >= 0.3 is 12.1 Å². The van der Waals surface area contributed by atoms with E-state index < -0.39 is 66.0 Å². The van der Waals surface area contributed by atoms with Crippen LogP contribution in [-0.2, 0) is 35.0 Å². The SMILES string of the molecule is COc1cc2cc(c1Cl)N(C)C(O)C[C@H](OC(=O)[C@H](C)N(C)C(=O)CCS)[C@]1(C)O[C@H]1[C@H](C)[C@@H]1C[C@@](O)(NC(=O)O1)[C@H](OC)/C=C/C=C(\C)C2. The van der Waals surface area contributed by atoms with Gasteiger partial charge < -0.3 is 43.7 Å². The second-order valence-electron chi connectivity index (χ2n) is 13.5. The first-order valence-electron chi connectivity index (χ1n) is 16.6. The maximum absolute atomic E-state index is 13.6. The molecule has 0 aromatic heterocycles. The van der Waals surface area contributed by atoms with Crippen molar-refractivity contribution in [3.63, 3.8) is 0 Å². The Bertz CT molecular complexity index is 1490. The number of carbonyl (C=O) groups is 3. The van der Waals surface area contributed by atoms with E-state index in [1.54, 1.807) is 37.9 Å². The molecule has 0 radical (unpaired) electrons. The number of thiol groups is 1. The molecule has 0 spiro atoms. The van der Waals surface area contributed by atoms with E-state index in [1.807, 2.05) is 32.1 Å². The van der Waals surface area contributed by atoms with Gasteiger partial charge in [-0.2, -0.15) is 12.6 Å². The number of nitrogens with zero attached hydrogens (tertiary/aromatic N) is 2. The van der Waals surface area contributed by atoms with Crippen LogP contribution in [0.15, 0.2) is 35.9 Å². The number of anilines is 1. The molecular formula is C35H50ClN3O10S. The van der Waals surface area contributed by atoms with Gasteiger partial charge in [0.25, 0.3) is 0 Å². The number of amides is 2. The standard InChI is InChI=1S/C35H50ClN3O10S/c1-19-10-9-11-26(46-8)35(44)18-25(47-33(43)37-35)20(2)31-34(4,49-31)27(48-32(42)21(3)38(5)28(40)12-13-50)17-29(41)39(6)23-15-22(14-19)16-24(45-7)30(23)36/h9-11,15-16,20-21,25-27,29,31,41,44,50H,12-14,17-18H2,1-8H3,(H,37,43)/b11-9+,19-10+/t20-,21+,25+,26-,27+,29?,31+,34+,35+/m1/s1. The molecule has 9 atom stereocenters. The van der Waals surface area contributed by atoms with Crippen LogP contribution in [0, 0.1) is 5.92 Å². The largest absolute Gasteiger partial charge is 0.495 e. The van der Waals surface area contributed by atoms with Crippen LogP contribution in [0.5, 0.6) is 5.75 Å². The van der Waals surface area contributed by atoms with Crippen LogP contribution in [0.4, 0.5) is 10.5 Å². The number of benzene rings is 1. The zero-order valence-electron chi connectivity index (χ0n) is 29.8. The van der Waals surface area contributed by atoms with Crippen molar-refractivity contribution in [1.29, 1.82) is 0 Å². The molecule has 1 unspecified atom stereocenters. The van der Waals surface area contributed by atoms with Gasteiger partial charge in [-0.3, -0.25) is 10.1 Å². The average molecular weight is 740 g/mol. The van der Waals surface area contributed by atoms with E-state index in [-0.39, 0.29) is 30.2 Å². The monoisotopic (exact) mass is 739 g/mol. The molecule has 2 saturated heterocycles. The van der Waals surface area contributed by atoms with Gasteiger partial charge in [0, 0.05) is 46.4 Å². The van der Waals surface area contributed by atoms with E-state index >= 15 is 0 Å². The first-order valence-corrected chi connectivity index (χ1v) is 17.6. The lowest BCUT2D eigenvalue weighted by molar-refractivity contribution is -0.162. The molecule has 2 amide bonds. The summed E-state index contributed by atoms with van der Waals surface area (Å²) in [5.74, 6) is -0.730. The van der Waals surface area contributed by atoms with Gasteiger partial charge in [0.2, 0.25) is 5.91 Å². The van der Waals surface area contributed by atoms with Crippen LogP contribution in [0.2, 0.25) is 5.02 Å². The number of hydrogen-bond donors (Lipinski definition) is 4. The average Bonchev–Trinajstić information content (AvgIpc) is 3.76. The van der Waals surface area contributed by atoms with Gasteiger partial charge in [0.15, 0.2) is 5.72 Å². The lowest BCUT2D eigenvalue weighted by Crippen LogP contribution is -2.63.